The minimum atomic E-state index is -0.915. The number of aliphatic carboxylic acids is 1. The van der Waals surface area contributed by atoms with E-state index in [1.54, 1.807) is 4.90 Å². The molecule has 0 aromatic carbocycles. The van der Waals surface area contributed by atoms with E-state index in [0.29, 0.717) is 12.5 Å². The molecule has 0 aromatic heterocycles. The molecule has 1 aliphatic rings. The van der Waals surface area contributed by atoms with Gasteiger partial charge in [-0.3, -0.25) is 14.5 Å². The molecule has 0 atom stereocenters. The lowest BCUT2D eigenvalue weighted by Gasteiger charge is -2.17. The van der Waals surface area contributed by atoms with Crippen molar-refractivity contribution in [1.82, 2.24) is 4.90 Å². The molecule has 1 fully saturated rings. The number of rotatable bonds is 6. The average molecular weight is 186 g/mol. The van der Waals surface area contributed by atoms with Crippen LogP contribution in [0, 0.1) is 5.92 Å². The first-order valence-corrected chi connectivity index (χ1v) is 4.30. The van der Waals surface area contributed by atoms with Gasteiger partial charge in [-0.2, -0.15) is 0 Å². The van der Waals surface area contributed by atoms with Gasteiger partial charge in [-0.1, -0.05) is 0 Å². The van der Waals surface area contributed by atoms with Crippen molar-refractivity contribution >= 4 is 11.9 Å². The number of nitrogens with two attached hydrogens (primary N) is 1. The molecule has 1 saturated carbocycles. The molecule has 0 saturated heterocycles. The first-order valence-electron chi connectivity index (χ1n) is 4.30. The average Bonchev–Trinajstić information content (AvgIpc) is 2.67. The van der Waals surface area contributed by atoms with E-state index in [0.717, 1.165) is 12.8 Å². The minimum Gasteiger partial charge on any atom is -0.480 e. The number of carboxylic acid groups (broad SMARTS) is 1. The molecule has 5 nitrogen and oxygen atoms in total. The number of carbonyl (C=O) groups excluding carboxylic acids is 1. The molecule has 5 heteroatoms. The van der Waals surface area contributed by atoms with Gasteiger partial charge in [0.25, 0.3) is 0 Å². The Balaban J connectivity index is 2.32. The van der Waals surface area contributed by atoms with Gasteiger partial charge in [0, 0.05) is 6.54 Å². The Morgan fingerprint density at radius 1 is 1.38 bits per heavy atom. The van der Waals surface area contributed by atoms with E-state index in [2.05, 4.69) is 0 Å². The summed E-state index contributed by atoms with van der Waals surface area (Å²) in [5.74, 6) is -0.817. The van der Waals surface area contributed by atoms with Gasteiger partial charge < -0.3 is 10.8 Å². The summed E-state index contributed by atoms with van der Waals surface area (Å²) in [6.45, 7) is 0.622. The lowest BCUT2D eigenvalue weighted by molar-refractivity contribution is -0.138. The molecule has 3 N–H and O–H groups in total. The molecule has 0 unspecified atom stereocenters. The number of carbonyl (C=O) groups is 2. The second kappa shape index (κ2) is 4.23. The van der Waals surface area contributed by atoms with Crippen molar-refractivity contribution in [2.45, 2.75) is 12.8 Å². The van der Waals surface area contributed by atoms with E-state index in [4.69, 9.17) is 10.8 Å². The zero-order chi connectivity index (χ0) is 9.84. The Morgan fingerprint density at radius 2 is 2.00 bits per heavy atom. The molecule has 0 aromatic rings. The number of nitrogens with zero attached hydrogens (tertiary/aromatic N) is 1. The van der Waals surface area contributed by atoms with Gasteiger partial charge in [0.05, 0.1) is 13.1 Å². The van der Waals surface area contributed by atoms with Crippen LogP contribution in [0.5, 0.6) is 0 Å². The predicted molar refractivity (Wildman–Crippen MR) is 46.0 cm³/mol. The van der Waals surface area contributed by atoms with Crippen molar-refractivity contribution in [3.05, 3.63) is 0 Å². The van der Waals surface area contributed by atoms with Crippen LogP contribution in [0.2, 0.25) is 0 Å². The van der Waals surface area contributed by atoms with Crippen LogP contribution in [0.15, 0.2) is 0 Å². The van der Waals surface area contributed by atoms with Crippen LogP contribution in [-0.2, 0) is 9.59 Å². The maximum atomic E-state index is 10.6. The summed E-state index contributed by atoms with van der Waals surface area (Å²) in [5.41, 5.74) is 4.99. The van der Waals surface area contributed by atoms with Gasteiger partial charge in [-0.25, -0.2) is 0 Å². The van der Waals surface area contributed by atoms with Crippen LogP contribution in [0.4, 0.5) is 0 Å². The summed E-state index contributed by atoms with van der Waals surface area (Å²) < 4.78 is 0. The fourth-order valence-electron chi connectivity index (χ4n) is 1.26. The Morgan fingerprint density at radius 3 is 2.38 bits per heavy atom. The molecular weight excluding hydrogens is 172 g/mol. The summed E-state index contributed by atoms with van der Waals surface area (Å²) in [5, 5.41) is 8.54. The third-order valence-electron chi connectivity index (χ3n) is 1.95. The molecule has 0 heterocycles. The smallest absolute Gasteiger partial charge is 0.317 e. The van der Waals surface area contributed by atoms with Crippen molar-refractivity contribution < 1.29 is 14.7 Å². The number of hydrogen-bond donors (Lipinski definition) is 2. The van der Waals surface area contributed by atoms with Crippen LogP contribution in [0.25, 0.3) is 0 Å². The molecule has 1 rings (SSSR count). The van der Waals surface area contributed by atoms with Gasteiger partial charge in [0.1, 0.15) is 0 Å². The first-order chi connectivity index (χ1) is 6.08. The third-order valence-corrected chi connectivity index (χ3v) is 1.95. The lowest BCUT2D eigenvalue weighted by atomic mass is 10.3. The molecule has 1 aliphatic carbocycles. The van der Waals surface area contributed by atoms with Gasteiger partial charge in [0.2, 0.25) is 5.91 Å². The van der Waals surface area contributed by atoms with Crippen LogP contribution in [0.3, 0.4) is 0 Å². The number of carboxylic acids is 1. The topological polar surface area (TPSA) is 83.6 Å². The summed E-state index contributed by atoms with van der Waals surface area (Å²) >= 11 is 0. The van der Waals surface area contributed by atoms with Gasteiger partial charge >= 0.3 is 5.97 Å². The second-order valence-electron chi connectivity index (χ2n) is 3.47. The Labute approximate surface area is 76.5 Å². The zero-order valence-corrected chi connectivity index (χ0v) is 7.40. The molecule has 74 valence electrons. The molecule has 0 bridgehead atoms. The minimum absolute atomic E-state index is 0.0444. The molecule has 0 radical (unpaired) electrons. The highest BCUT2D eigenvalue weighted by atomic mass is 16.4. The van der Waals surface area contributed by atoms with Crippen LogP contribution in [0.1, 0.15) is 12.8 Å². The van der Waals surface area contributed by atoms with Crippen LogP contribution in [-0.4, -0.2) is 41.5 Å². The highest BCUT2D eigenvalue weighted by Gasteiger charge is 2.25. The van der Waals surface area contributed by atoms with Crippen molar-refractivity contribution in [3.8, 4) is 0 Å². The molecular formula is C8H14N2O3. The predicted octanol–water partition coefficient (Wildman–Crippen LogP) is -0.732. The summed E-state index contributed by atoms with van der Waals surface area (Å²) in [6, 6.07) is 0. The van der Waals surface area contributed by atoms with Crippen molar-refractivity contribution in [3.63, 3.8) is 0 Å². The number of amides is 1. The molecule has 0 aliphatic heterocycles. The fraction of sp³-hybridized carbons (Fsp3) is 0.750. The molecule has 13 heavy (non-hydrogen) atoms. The van der Waals surface area contributed by atoms with Crippen LogP contribution < -0.4 is 5.73 Å². The summed E-state index contributed by atoms with van der Waals surface area (Å²) in [4.78, 5) is 22.6. The Hall–Kier alpha value is -1.10. The van der Waals surface area contributed by atoms with E-state index in [1.807, 2.05) is 0 Å². The monoisotopic (exact) mass is 186 g/mol. The normalized spacial score (nSPS) is 16.1. The van der Waals surface area contributed by atoms with Gasteiger partial charge in [-0.05, 0) is 18.8 Å². The third kappa shape index (κ3) is 4.47. The first kappa shape index (κ1) is 9.98. The zero-order valence-electron chi connectivity index (χ0n) is 7.40. The van der Waals surface area contributed by atoms with Crippen molar-refractivity contribution in [2.24, 2.45) is 11.7 Å². The molecule has 1 amide bonds. The standard InChI is InChI=1S/C8H14N2O3/c9-7(11)4-10(5-8(12)13)3-6-1-2-6/h6H,1-5H2,(H2,9,11)(H,12,13). The van der Waals surface area contributed by atoms with Crippen LogP contribution >= 0.6 is 0 Å². The van der Waals surface area contributed by atoms with E-state index in [-0.39, 0.29) is 13.1 Å². The Kier molecular flexibility index (Phi) is 3.25. The quantitative estimate of drug-likeness (QED) is 0.572. The maximum absolute atomic E-state index is 10.6. The van der Waals surface area contributed by atoms with E-state index in [9.17, 15) is 9.59 Å². The summed E-state index contributed by atoms with van der Waals surface area (Å²) in [6.07, 6.45) is 2.27. The fourth-order valence-corrected chi connectivity index (χ4v) is 1.26. The van der Waals surface area contributed by atoms with Gasteiger partial charge in [0.15, 0.2) is 0 Å². The molecule has 0 spiro atoms. The van der Waals surface area contributed by atoms with E-state index >= 15 is 0 Å². The van der Waals surface area contributed by atoms with Crippen molar-refractivity contribution in [2.75, 3.05) is 19.6 Å². The SMILES string of the molecule is NC(=O)CN(CC(=O)O)CC1CC1. The Bertz CT molecular complexity index is 197. The highest BCUT2D eigenvalue weighted by molar-refractivity contribution is 5.77. The van der Waals surface area contributed by atoms with E-state index in [1.165, 1.54) is 0 Å². The second-order valence-corrected chi connectivity index (χ2v) is 3.47. The maximum Gasteiger partial charge on any atom is 0.317 e. The largest absolute Gasteiger partial charge is 0.480 e. The number of primary amides is 1. The lowest BCUT2D eigenvalue weighted by Crippen LogP contribution is -2.38. The highest BCUT2D eigenvalue weighted by Crippen LogP contribution is 2.29. The summed E-state index contributed by atoms with van der Waals surface area (Å²) in [7, 11) is 0. The number of hydrogen-bond acceptors (Lipinski definition) is 3. The van der Waals surface area contributed by atoms with Gasteiger partial charge in [-0.15, -0.1) is 0 Å². The van der Waals surface area contributed by atoms with E-state index < -0.39 is 11.9 Å². The van der Waals surface area contributed by atoms with Crippen molar-refractivity contribution in [1.29, 1.82) is 0 Å².